The second kappa shape index (κ2) is 5.02. The van der Waals surface area contributed by atoms with Crippen LogP contribution in [-0.4, -0.2) is 11.7 Å². The molecule has 0 amide bonds. The Kier molecular flexibility index (Phi) is 3.48. The summed E-state index contributed by atoms with van der Waals surface area (Å²) in [5.74, 6) is -0.129. The molecule has 0 spiro atoms. The fraction of sp³-hybridized carbons (Fsp3) is 0.200. The summed E-state index contributed by atoms with van der Waals surface area (Å²) in [6, 6.07) is 10.7. The van der Waals surface area contributed by atoms with Crippen molar-refractivity contribution in [3.8, 4) is 5.75 Å². The van der Waals surface area contributed by atoms with Crippen LogP contribution in [0.25, 0.3) is 0 Å². The lowest BCUT2D eigenvalue weighted by Gasteiger charge is -2.27. The van der Waals surface area contributed by atoms with Gasteiger partial charge in [-0.3, -0.25) is 0 Å². The Morgan fingerprint density at radius 2 is 2.05 bits per heavy atom. The fourth-order valence-corrected chi connectivity index (χ4v) is 3.17. The molecular weight excluding hydrogens is 347 g/mol. The van der Waals surface area contributed by atoms with E-state index in [4.69, 9.17) is 16.3 Å². The third kappa shape index (κ3) is 2.03. The van der Waals surface area contributed by atoms with Gasteiger partial charge in [0.05, 0.1) is 11.6 Å². The van der Waals surface area contributed by atoms with Crippen molar-refractivity contribution < 1.29 is 14.2 Å². The topological polar surface area (TPSA) is 29.5 Å². The Morgan fingerprint density at radius 1 is 1.35 bits per heavy atom. The average molecular weight is 358 g/mol. The number of rotatable bonds is 2. The van der Waals surface area contributed by atoms with Gasteiger partial charge in [-0.15, -0.1) is 0 Å². The van der Waals surface area contributed by atoms with E-state index in [1.54, 1.807) is 0 Å². The van der Waals surface area contributed by atoms with Crippen LogP contribution >= 0.6 is 27.5 Å². The molecule has 1 heterocycles. The van der Waals surface area contributed by atoms with Crippen LogP contribution in [-0.2, 0) is 12.0 Å². The summed E-state index contributed by atoms with van der Waals surface area (Å²) in [7, 11) is 0. The minimum Gasteiger partial charge on any atom is -0.479 e. The highest BCUT2D eigenvalue weighted by Crippen LogP contribution is 2.47. The summed E-state index contributed by atoms with van der Waals surface area (Å²) in [5, 5.41) is 9.84. The molecule has 1 N–H and O–H groups in total. The molecule has 2 aromatic carbocycles. The van der Waals surface area contributed by atoms with Gasteiger partial charge in [-0.05, 0) is 21.5 Å². The maximum Gasteiger partial charge on any atom is 0.161 e. The van der Waals surface area contributed by atoms with Gasteiger partial charge in [0.25, 0.3) is 0 Å². The van der Waals surface area contributed by atoms with E-state index in [0.717, 1.165) is 11.1 Å². The standard InChI is InChI=1S/C15H11BrClFO2/c16-13-10-7-15(8-19,9-4-2-1-3-5-9)20-12(10)6-11(18)14(13)17/h1-6,19H,7-8H2. The molecule has 0 aromatic heterocycles. The Balaban J connectivity index is 2.10. The third-order valence-corrected chi connectivity index (χ3v) is 5.02. The molecule has 0 bridgehead atoms. The number of ether oxygens (including phenoxy) is 1. The van der Waals surface area contributed by atoms with Crippen LogP contribution in [0.3, 0.4) is 0 Å². The van der Waals surface area contributed by atoms with E-state index in [1.807, 2.05) is 30.3 Å². The molecule has 0 radical (unpaired) electrons. The zero-order valence-corrected chi connectivity index (χ0v) is 12.7. The zero-order chi connectivity index (χ0) is 14.3. The normalized spacial score (nSPS) is 20.6. The highest BCUT2D eigenvalue weighted by Gasteiger charge is 2.42. The first-order valence-electron chi connectivity index (χ1n) is 6.09. The van der Waals surface area contributed by atoms with Crippen LogP contribution in [0.4, 0.5) is 4.39 Å². The lowest BCUT2D eigenvalue weighted by molar-refractivity contribution is 0.0246. The largest absolute Gasteiger partial charge is 0.479 e. The van der Waals surface area contributed by atoms with Crippen LogP contribution in [0.2, 0.25) is 5.02 Å². The molecule has 1 aliphatic heterocycles. The number of benzene rings is 2. The van der Waals surface area contributed by atoms with Crippen molar-refractivity contribution in [3.05, 3.63) is 62.8 Å². The van der Waals surface area contributed by atoms with E-state index in [0.29, 0.717) is 16.6 Å². The number of halogens is 3. The van der Waals surface area contributed by atoms with E-state index in [9.17, 15) is 9.50 Å². The summed E-state index contributed by atoms with van der Waals surface area (Å²) in [6.07, 6.45) is 0.434. The minimum absolute atomic E-state index is 0.0363. The fourth-order valence-electron chi connectivity index (χ4n) is 2.48. The first-order valence-corrected chi connectivity index (χ1v) is 7.26. The number of aliphatic hydroxyl groups excluding tert-OH is 1. The smallest absolute Gasteiger partial charge is 0.161 e. The molecule has 2 nitrogen and oxygen atoms in total. The highest BCUT2D eigenvalue weighted by molar-refractivity contribution is 9.10. The molecule has 5 heteroatoms. The zero-order valence-electron chi connectivity index (χ0n) is 10.4. The van der Waals surface area contributed by atoms with Crippen LogP contribution in [0, 0.1) is 5.82 Å². The van der Waals surface area contributed by atoms with Gasteiger partial charge in [0.2, 0.25) is 0 Å². The summed E-state index contributed by atoms with van der Waals surface area (Å²) >= 11 is 9.21. The van der Waals surface area contributed by atoms with Crippen molar-refractivity contribution in [2.45, 2.75) is 12.0 Å². The van der Waals surface area contributed by atoms with Gasteiger partial charge < -0.3 is 9.84 Å². The van der Waals surface area contributed by atoms with Gasteiger partial charge in [-0.1, -0.05) is 41.9 Å². The summed E-state index contributed by atoms with van der Waals surface area (Å²) in [6.45, 7) is -0.197. The molecule has 20 heavy (non-hydrogen) atoms. The second-order valence-corrected chi connectivity index (χ2v) is 5.93. The van der Waals surface area contributed by atoms with Gasteiger partial charge in [-0.2, -0.15) is 0 Å². The molecule has 104 valence electrons. The highest BCUT2D eigenvalue weighted by atomic mass is 79.9. The van der Waals surface area contributed by atoms with Crippen molar-refractivity contribution in [2.24, 2.45) is 0 Å². The number of fused-ring (bicyclic) bond motifs is 1. The molecule has 1 unspecified atom stereocenters. The molecule has 1 atom stereocenters. The van der Waals surface area contributed by atoms with Crippen LogP contribution in [0.15, 0.2) is 40.9 Å². The molecule has 0 saturated carbocycles. The Bertz CT molecular complexity index is 663. The number of hydrogen-bond acceptors (Lipinski definition) is 2. The van der Waals surface area contributed by atoms with E-state index in [2.05, 4.69) is 15.9 Å². The molecular formula is C15H11BrClFO2. The Hall–Kier alpha value is -1.10. The molecule has 2 aromatic rings. The first kappa shape index (κ1) is 13.9. The SMILES string of the molecule is OCC1(c2ccccc2)Cc2c(cc(F)c(Cl)c2Br)O1. The Morgan fingerprint density at radius 3 is 2.70 bits per heavy atom. The molecule has 0 saturated heterocycles. The monoisotopic (exact) mass is 356 g/mol. The van der Waals surface area contributed by atoms with Gasteiger partial charge in [0.15, 0.2) is 5.60 Å². The lowest BCUT2D eigenvalue weighted by Crippen LogP contribution is -2.35. The maximum absolute atomic E-state index is 13.7. The number of aliphatic hydroxyl groups is 1. The van der Waals surface area contributed by atoms with Gasteiger partial charge in [-0.25, -0.2) is 4.39 Å². The van der Waals surface area contributed by atoms with E-state index >= 15 is 0 Å². The molecule has 0 fully saturated rings. The summed E-state index contributed by atoms with van der Waals surface area (Å²) in [4.78, 5) is 0. The van der Waals surface area contributed by atoms with Crippen molar-refractivity contribution in [1.82, 2.24) is 0 Å². The maximum atomic E-state index is 13.7. The minimum atomic E-state index is -0.886. The van der Waals surface area contributed by atoms with Crippen LogP contribution in [0.5, 0.6) is 5.75 Å². The van der Waals surface area contributed by atoms with Gasteiger partial charge >= 0.3 is 0 Å². The van der Waals surface area contributed by atoms with Gasteiger partial charge in [0, 0.05) is 22.5 Å². The molecule has 0 aliphatic carbocycles. The van der Waals surface area contributed by atoms with E-state index in [1.165, 1.54) is 6.07 Å². The second-order valence-electron chi connectivity index (χ2n) is 4.76. The third-order valence-electron chi connectivity index (χ3n) is 3.55. The van der Waals surface area contributed by atoms with E-state index < -0.39 is 11.4 Å². The molecule has 3 rings (SSSR count). The van der Waals surface area contributed by atoms with Crippen molar-refractivity contribution in [1.29, 1.82) is 0 Å². The van der Waals surface area contributed by atoms with Crippen LogP contribution in [0.1, 0.15) is 11.1 Å². The van der Waals surface area contributed by atoms with Crippen LogP contribution < -0.4 is 4.74 Å². The number of hydrogen-bond donors (Lipinski definition) is 1. The first-order chi connectivity index (χ1) is 9.57. The predicted octanol–water partition coefficient (Wildman–Crippen LogP) is 4.06. The molecule has 1 aliphatic rings. The quantitative estimate of drug-likeness (QED) is 0.821. The van der Waals surface area contributed by atoms with E-state index in [-0.39, 0.29) is 11.6 Å². The average Bonchev–Trinajstić information content (AvgIpc) is 2.86. The van der Waals surface area contributed by atoms with Crippen molar-refractivity contribution in [3.63, 3.8) is 0 Å². The predicted molar refractivity (Wildman–Crippen MR) is 78.6 cm³/mol. The van der Waals surface area contributed by atoms with Crippen molar-refractivity contribution >= 4 is 27.5 Å². The Labute approximate surface area is 129 Å². The summed E-state index contributed by atoms with van der Waals surface area (Å²) in [5.41, 5.74) is 0.736. The van der Waals surface area contributed by atoms with Gasteiger partial charge in [0.1, 0.15) is 11.6 Å². The summed E-state index contributed by atoms with van der Waals surface area (Å²) < 4.78 is 20.0. The van der Waals surface area contributed by atoms with Crippen molar-refractivity contribution in [2.75, 3.05) is 6.61 Å². The lowest BCUT2D eigenvalue weighted by atomic mass is 9.90.